The van der Waals surface area contributed by atoms with E-state index in [0.717, 1.165) is 12.5 Å². The number of hydrogen-bond donors (Lipinski definition) is 1. The maximum absolute atomic E-state index is 5.48. The van der Waals surface area contributed by atoms with Crippen LogP contribution >= 0.6 is 0 Å². The van der Waals surface area contributed by atoms with Gasteiger partial charge in [-0.15, -0.1) is 0 Å². The minimum Gasteiger partial charge on any atom is -0.330 e. The van der Waals surface area contributed by atoms with E-state index in [1.165, 1.54) is 64.6 Å². The molecular weight excluding hydrogens is 184 g/mol. The number of rotatable bonds is 10. The first-order valence-corrected chi connectivity index (χ1v) is 6.79. The number of nitrogens with two attached hydrogens (primary N) is 1. The molecule has 0 aromatic carbocycles. The average molecular weight is 212 g/mol. The minimum atomic E-state index is 0.862. The summed E-state index contributed by atoms with van der Waals surface area (Å²) >= 11 is 0. The van der Waals surface area contributed by atoms with Crippen LogP contribution in [0.15, 0.2) is 0 Å². The summed E-state index contributed by atoms with van der Waals surface area (Å²) in [4.78, 5) is 2.67. The first-order chi connectivity index (χ1) is 7.36. The summed E-state index contributed by atoms with van der Waals surface area (Å²) in [6.45, 7) is 7.13. The Morgan fingerprint density at radius 1 is 1.07 bits per heavy atom. The summed E-state index contributed by atoms with van der Waals surface area (Å²) in [5.41, 5.74) is 5.48. The lowest BCUT2D eigenvalue weighted by Gasteiger charge is -2.21. The first kappa shape index (κ1) is 13.0. The molecule has 0 aromatic rings. The number of nitrogens with zero attached hydrogens (tertiary/aromatic N) is 1. The van der Waals surface area contributed by atoms with Gasteiger partial charge < -0.3 is 10.6 Å². The Bertz CT molecular complexity index is 143. The molecule has 1 aliphatic carbocycles. The van der Waals surface area contributed by atoms with Gasteiger partial charge in [-0.2, -0.15) is 0 Å². The summed E-state index contributed by atoms with van der Waals surface area (Å²) in [6.07, 6.45) is 9.52. The molecule has 0 aromatic heterocycles. The summed E-state index contributed by atoms with van der Waals surface area (Å²) in [6, 6.07) is 0. The molecule has 0 heterocycles. The molecule has 0 saturated heterocycles. The van der Waals surface area contributed by atoms with Crippen molar-refractivity contribution in [2.45, 2.75) is 51.9 Å². The first-order valence-electron chi connectivity index (χ1n) is 6.79. The molecule has 0 unspecified atom stereocenters. The Labute approximate surface area is 95.2 Å². The predicted octanol–water partition coefficient (Wildman–Crippen LogP) is 2.63. The van der Waals surface area contributed by atoms with Gasteiger partial charge in [-0.25, -0.2) is 0 Å². The van der Waals surface area contributed by atoms with E-state index < -0.39 is 0 Å². The molecule has 1 aliphatic rings. The zero-order valence-electron chi connectivity index (χ0n) is 10.4. The normalized spacial score (nSPS) is 16.2. The van der Waals surface area contributed by atoms with Crippen LogP contribution in [-0.4, -0.2) is 31.1 Å². The fourth-order valence-electron chi connectivity index (χ4n) is 2.11. The van der Waals surface area contributed by atoms with Crippen LogP contribution in [0.1, 0.15) is 51.9 Å². The number of unbranched alkanes of at least 4 members (excludes halogenated alkanes) is 3. The smallest absolute Gasteiger partial charge is 0.000966 e. The quantitative estimate of drug-likeness (QED) is 0.564. The standard InChI is InChI=1S/C13H28N2/c1-2-10-15(12-13-7-8-13)11-6-4-3-5-9-14/h13H,2-12,14H2,1H3. The molecule has 2 heteroatoms. The maximum Gasteiger partial charge on any atom is 0.000966 e. The van der Waals surface area contributed by atoms with Crippen LogP contribution in [0.2, 0.25) is 0 Å². The third-order valence-corrected chi connectivity index (χ3v) is 3.18. The molecule has 0 atom stereocenters. The molecule has 0 spiro atoms. The van der Waals surface area contributed by atoms with Gasteiger partial charge in [-0.3, -0.25) is 0 Å². The molecule has 2 nitrogen and oxygen atoms in total. The van der Waals surface area contributed by atoms with Gasteiger partial charge in [0.25, 0.3) is 0 Å². The van der Waals surface area contributed by atoms with Gasteiger partial charge in [0.05, 0.1) is 0 Å². The Hall–Kier alpha value is -0.0800. The Morgan fingerprint density at radius 2 is 1.80 bits per heavy atom. The van der Waals surface area contributed by atoms with Crippen LogP contribution in [0.4, 0.5) is 0 Å². The molecule has 15 heavy (non-hydrogen) atoms. The summed E-state index contributed by atoms with van der Waals surface area (Å²) in [5, 5.41) is 0. The summed E-state index contributed by atoms with van der Waals surface area (Å²) < 4.78 is 0. The van der Waals surface area contributed by atoms with E-state index in [9.17, 15) is 0 Å². The second-order valence-electron chi connectivity index (χ2n) is 4.95. The van der Waals surface area contributed by atoms with E-state index in [0.29, 0.717) is 0 Å². The highest BCUT2D eigenvalue weighted by Gasteiger charge is 2.23. The van der Waals surface area contributed by atoms with Crippen LogP contribution in [-0.2, 0) is 0 Å². The second-order valence-corrected chi connectivity index (χ2v) is 4.95. The third kappa shape index (κ3) is 6.91. The van der Waals surface area contributed by atoms with Gasteiger partial charge in [-0.05, 0) is 57.7 Å². The molecule has 1 saturated carbocycles. The van der Waals surface area contributed by atoms with Crippen LogP contribution in [0, 0.1) is 5.92 Å². The molecule has 1 rings (SSSR count). The van der Waals surface area contributed by atoms with E-state index in [2.05, 4.69) is 11.8 Å². The highest BCUT2D eigenvalue weighted by Crippen LogP contribution is 2.29. The van der Waals surface area contributed by atoms with E-state index >= 15 is 0 Å². The van der Waals surface area contributed by atoms with Crippen molar-refractivity contribution in [3.05, 3.63) is 0 Å². The largest absolute Gasteiger partial charge is 0.330 e. The molecule has 90 valence electrons. The van der Waals surface area contributed by atoms with E-state index in [4.69, 9.17) is 5.73 Å². The molecule has 0 aliphatic heterocycles. The number of hydrogen-bond acceptors (Lipinski definition) is 2. The zero-order valence-corrected chi connectivity index (χ0v) is 10.4. The van der Waals surface area contributed by atoms with Gasteiger partial charge in [0.1, 0.15) is 0 Å². The van der Waals surface area contributed by atoms with Gasteiger partial charge in [0.2, 0.25) is 0 Å². The lowest BCUT2D eigenvalue weighted by Crippen LogP contribution is -2.28. The van der Waals surface area contributed by atoms with E-state index in [-0.39, 0.29) is 0 Å². The second kappa shape index (κ2) is 8.12. The lowest BCUT2D eigenvalue weighted by atomic mass is 10.2. The van der Waals surface area contributed by atoms with Crippen LogP contribution in [0.5, 0.6) is 0 Å². The lowest BCUT2D eigenvalue weighted by molar-refractivity contribution is 0.257. The zero-order chi connectivity index (χ0) is 10.9. The van der Waals surface area contributed by atoms with Crippen LogP contribution in [0.3, 0.4) is 0 Å². The molecule has 1 fully saturated rings. The third-order valence-electron chi connectivity index (χ3n) is 3.18. The molecule has 0 radical (unpaired) electrons. The van der Waals surface area contributed by atoms with Crippen LogP contribution < -0.4 is 5.73 Å². The van der Waals surface area contributed by atoms with Gasteiger partial charge in [0, 0.05) is 6.54 Å². The highest BCUT2D eigenvalue weighted by molar-refractivity contribution is 4.77. The SMILES string of the molecule is CCCN(CCCCCCN)CC1CC1. The van der Waals surface area contributed by atoms with Crippen molar-refractivity contribution in [3.8, 4) is 0 Å². The average Bonchev–Trinajstić information content (AvgIpc) is 3.01. The van der Waals surface area contributed by atoms with Gasteiger partial charge in [-0.1, -0.05) is 19.8 Å². The molecule has 0 bridgehead atoms. The molecular formula is C13H28N2. The fraction of sp³-hybridized carbons (Fsp3) is 1.00. The highest BCUT2D eigenvalue weighted by atomic mass is 15.1. The van der Waals surface area contributed by atoms with Gasteiger partial charge in [0.15, 0.2) is 0 Å². The van der Waals surface area contributed by atoms with Crippen molar-refractivity contribution >= 4 is 0 Å². The van der Waals surface area contributed by atoms with Crippen LogP contribution in [0.25, 0.3) is 0 Å². The Balaban J connectivity index is 1.97. The Morgan fingerprint density at radius 3 is 2.40 bits per heavy atom. The van der Waals surface area contributed by atoms with E-state index in [1.54, 1.807) is 0 Å². The van der Waals surface area contributed by atoms with Crippen molar-refractivity contribution in [2.75, 3.05) is 26.2 Å². The van der Waals surface area contributed by atoms with Crippen molar-refractivity contribution in [3.63, 3.8) is 0 Å². The topological polar surface area (TPSA) is 29.3 Å². The monoisotopic (exact) mass is 212 g/mol. The van der Waals surface area contributed by atoms with Crippen molar-refractivity contribution in [1.82, 2.24) is 4.90 Å². The van der Waals surface area contributed by atoms with Gasteiger partial charge >= 0.3 is 0 Å². The molecule has 0 amide bonds. The Kier molecular flexibility index (Phi) is 7.03. The van der Waals surface area contributed by atoms with E-state index in [1.807, 2.05) is 0 Å². The minimum absolute atomic E-state index is 0.862. The van der Waals surface area contributed by atoms with Crippen molar-refractivity contribution in [1.29, 1.82) is 0 Å². The van der Waals surface area contributed by atoms with Crippen molar-refractivity contribution < 1.29 is 0 Å². The predicted molar refractivity (Wildman–Crippen MR) is 67.0 cm³/mol. The summed E-state index contributed by atoms with van der Waals surface area (Å²) in [5.74, 6) is 1.04. The molecule has 2 N–H and O–H groups in total. The fourth-order valence-corrected chi connectivity index (χ4v) is 2.11. The maximum atomic E-state index is 5.48. The van der Waals surface area contributed by atoms with Crippen molar-refractivity contribution in [2.24, 2.45) is 11.7 Å². The summed E-state index contributed by atoms with van der Waals surface area (Å²) in [7, 11) is 0.